The molecular weight excluding hydrogens is 290 g/mol. The number of amides is 1. The number of fused-ring (bicyclic) bond motifs is 1. The molecule has 1 aromatic heterocycles. The maximum absolute atomic E-state index is 12.4. The molecule has 0 saturated carbocycles. The average molecular weight is 315 g/mol. The van der Waals surface area contributed by atoms with Crippen LogP contribution >= 0.6 is 0 Å². The third kappa shape index (κ3) is 3.74. The highest BCUT2D eigenvalue weighted by Crippen LogP contribution is 2.22. The van der Waals surface area contributed by atoms with Crippen LogP contribution < -0.4 is 5.32 Å². The first-order valence-corrected chi connectivity index (χ1v) is 8.32. The van der Waals surface area contributed by atoms with Crippen LogP contribution in [0.4, 0.5) is 0 Å². The van der Waals surface area contributed by atoms with Crippen molar-refractivity contribution >= 4 is 16.8 Å². The number of H-pyrrole nitrogens is 1. The van der Waals surface area contributed by atoms with Gasteiger partial charge in [0.15, 0.2) is 0 Å². The highest BCUT2D eigenvalue weighted by molar-refractivity contribution is 6.00. The standard InChI is InChI=1S/C18H25N3O2/c1-13-4-5-16-15(12-13)14(2)17(20-16)18(22)19-6-3-7-21-8-10-23-11-9-21/h4-5,12,20H,3,6-11H2,1-2H3,(H,19,22). The summed E-state index contributed by atoms with van der Waals surface area (Å²) in [5.74, 6) is -0.0154. The van der Waals surface area contributed by atoms with E-state index in [4.69, 9.17) is 4.74 Å². The van der Waals surface area contributed by atoms with E-state index in [1.165, 1.54) is 5.56 Å². The van der Waals surface area contributed by atoms with Gasteiger partial charge in [0.2, 0.25) is 0 Å². The molecule has 124 valence electrons. The summed E-state index contributed by atoms with van der Waals surface area (Å²) in [4.78, 5) is 18.0. The summed E-state index contributed by atoms with van der Waals surface area (Å²) in [6.07, 6.45) is 0.962. The lowest BCUT2D eigenvalue weighted by Crippen LogP contribution is -2.38. The minimum absolute atomic E-state index is 0.0154. The summed E-state index contributed by atoms with van der Waals surface area (Å²) >= 11 is 0. The van der Waals surface area contributed by atoms with Crippen LogP contribution in [0.15, 0.2) is 18.2 Å². The number of rotatable bonds is 5. The zero-order valence-corrected chi connectivity index (χ0v) is 13.9. The van der Waals surface area contributed by atoms with Gasteiger partial charge in [0.05, 0.1) is 13.2 Å². The molecule has 2 N–H and O–H groups in total. The molecule has 3 rings (SSSR count). The van der Waals surface area contributed by atoms with E-state index in [0.717, 1.165) is 55.7 Å². The highest BCUT2D eigenvalue weighted by Gasteiger charge is 2.15. The fourth-order valence-electron chi connectivity index (χ4n) is 3.09. The molecule has 5 heteroatoms. The van der Waals surface area contributed by atoms with Crippen LogP contribution in [-0.2, 0) is 4.74 Å². The molecule has 1 aliphatic heterocycles. The van der Waals surface area contributed by atoms with E-state index in [2.05, 4.69) is 34.3 Å². The molecule has 0 atom stereocenters. The van der Waals surface area contributed by atoms with Gasteiger partial charge < -0.3 is 15.0 Å². The lowest BCUT2D eigenvalue weighted by Gasteiger charge is -2.26. The van der Waals surface area contributed by atoms with E-state index < -0.39 is 0 Å². The first-order valence-electron chi connectivity index (χ1n) is 8.32. The van der Waals surface area contributed by atoms with Crippen molar-refractivity contribution in [1.29, 1.82) is 0 Å². The van der Waals surface area contributed by atoms with Crippen molar-refractivity contribution in [2.45, 2.75) is 20.3 Å². The number of morpholine rings is 1. The zero-order valence-electron chi connectivity index (χ0n) is 13.9. The van der Waals surface area contributed by atoms with Crippen LogP contribution in [0.2, 0.25) is 0 Å². The molecule has 0 aliphatic carbocycles. The Balaban J connectivity index is 1.55. The number of aromatic amines is 1. The Hall–Kier alpha value is -1.85. The van der Waals surface area contributed by atoms with Crippen molar-refractivity contribution in [2.75, 3.05) is 39.4 Å². The molecule has 23 heavy (non-hydrogen) atoms. The Morgan fingerprint density at radius 3 is 2.87 bits per heavy atom. The number of carbonyl (C=O) groups excluding carboxylic acids is 1. The Labute approximate surface area is 137 Å². The summed E-state index contributed by atoms with van der Waals surface area (Å²) in [6.45, 7) is 9.40. The van der Waals surface area contributed by atoms with Crippen LogP contribution in [-0.4, -0.2) is 55.2 Å². The first kappa shape index (κ1) is 16.0. The van der Waals surface area contributed by atoms with Crippen molar-refractivity contribution in [3.63, 3.8) is 0 Å². The van der Waals surface area contributed by atoms with Crippen LogP contribution in [0.1, 0.15) is 28.0 Å². The summed E-state index contributed by atoms with van der Waals surface area (Å²) in [5, 5.41) is 4.16. The Morgan fingerprint density at radius 1 is 1.30 bits per heavy atom. The number of hydrogen-bond donors (Lipinski definition) is 2. The van der Waals surface area contributed by atoms with E-state index in [0.29, 0.717) is 12.2 Å². The Kier molecular flexibility index (Phi) is 4.98. The highest BCUT2D eigenvalue weighted by atomic mass is 16.5. The summed E-state index contributed by atoms with van der Waals surface area (Å²) in [6, 6.07) is 6.21. The Morgan fingerprint density at radius 2 is 2.09 bits per heavy atom. The van der Waals surface area contributed by atoms with E-state index >= 15 is 0 Å². The molecule has 0 radical (unpaired) electrons. The fraction of sp³-hybridized carbons (Fsp3) is 0.500. The second kappa shape index (κ2) is 7.15. The summed E-state index contributed by atoms with van der Waals surface area (Å²) in [7, 11) is 0. The third-order valence-electron chi connectivity index (χ3n) is 4.48. The third-order valence-corrected chi connectivity index (χ3v) is 4.48. The average Bonchev–Trinajstić information content (AvgIpc) is 2.89. The molecule has 2 aromatic rings. The number of nitrogens with zero attached hydrogens (tertiary/aromatic N) is 1. The molecule has 1 aliphatic rings. The van der Waals surface area contributed by atoms with Gasteiger partial charge in [-0.15, -0.1) is 0 Å². The van der Waals surface area contributed by atoms with E-state index in [1.54, 1.807) is 0 Å². The number of nitrogens with one attached hydrogen (secondary N) is 2. The molecule has 1 aromatic carbocycles. The normalized spacial score (nSPS) is 15.9. The van der Waals surface area contributed by atoms with Gasteiger partial charge in [0.25, 0.3) is 5.91 Å². The molecule has 1 fully saturated rings. The quantitative estimate of drug-likeness (QED) is 0.832. The van der Waals surface area contributed by atoms with E-state index in [9.17, 15) is 4.79 Å². The van der Waals surface area contributed by atoms with Crippen LogP contribution in [0.3, 0.4) is 0 Å². The minimum Gasteiger partial charge on any atom is -0.379 e. The molecule has 2 heterocycles. The van der Waals surface area contributed by atoms with Crippen LogP contribution in [0.5, 0.6) is 0 Å². The fourth-order valence-corrected chi connectivity index (χ4v) is 3.09. The SMILES string of the molecule is Cc1ccc2[nH]c(C(=O)NCCCN3CCOCC3)c(C)c2c1. The summed E-state index contributed by atoms with van der Waals surface area (Å²) in [5.41, 5.74) is 3.93. The number of ether oxygens (including phenoxy) is 1. The molecule has 5 nitrogen and oxygen atoms in total. The lowest BCUT2D eigenvalue weighted by atomic mass is 10.1. The predicted molar refractivity (Wildman–Crippen MR) is 92.0 cm³/mol. The smallest absolute Gasteiger partial charge is 0.268 e. The number of aryl methyl sites for hydroxylation is 2. The van der Waals surface area contributed by atoms with Crippen molar-refractivity contribution in [2.24, 2.45) is 0 Å². The maximum atomic E-state index is 12.4. The van der Waals surface area contributed by atoms with Gasteiger partial charge in [-0.1, -0.05) is 11.6 Å². The van der Waals surface area contributed by atoms with Crippen molar-refractivity contribution in [1.82, 2.24) is 15.2 Å². The van der Waals surface area contributed by atoms with E-state index in [1.807, 2.05) is 13.0 Å². The molecular formula is C18H25N3O2. The van der Waals surface area contributed by atoms with E-state index in [-0.39, 0.29) is 5.91 Å². The second-order valence-corrected chi connectivity index (χ2v) is 6.24. The molecule has 1 amide bonds. The first-order chi connectivity index (χ1) is 11.1. The zero-order chi connectivity index (χ0) is 16.2. The minimum atomic E-state index is -0.0154. The number of carbonyl (C=O) groups is 1. The van der Waals surface area contributed by atoms with Crippen molar-refractivity contribution in [3.8, 4) is 0 Å². The monoisotopic (exact) mass is 315 g/mol. The van der Waals surface area contributed by atoms with Gasteiger partial charge in [-0.05, 0) is 44.5 Å². The van der Waals surface area contributed by atoms with Crippen LogP contribution in [0, 0.1) is 13.8 Å². The van der Waals surface area contributed by atoms with Gasteiger partial charge in [0.1, 0.15) is 5.69 Å². The van der Waals surface area contributed by atoms with Crippen molar-refractivity contribution < 1.29 is 9.53 Å². The van der Waals surface area contributed by atoms with Gasteiger partial charge >= 0.3 is 0 Å². The number of aromatic nitrogens is 1. The molecule has 0 spiro atoms. The van der Waals surface area contributed by atoms with Gasteiger partial charge in [0, 0.05) is 30.5 Å². The number of benzene rings is 1. The van der Waals surface area contributed by atoms with Gasteiger partial charge in [-0.3, -0.25) is 9.69 Å². The topological polar surface area (TPSA) is 57.4 Å². The van der Waals surface area contributed by atoms with Crippen molar-refractivity contribution in [3.05, 3.63) is 35.0 Å². The Bertz CT molecular complexity index is 687. The summed E-state index contributed by atoms with van der Waals surface area (Å²) < 4.78 is 5.34. The largest absolute Gasteiger partial charge is 0.379 e. The van der Waals surface area contributed by atoms with Gasteiger partial charge in [-0.2, -0.15) is 0 Å². The maximum Gasteiger partial charge on any atom is 0.268 e. The number of hydrogen-bond acceptors (Lipinski definition) is 3. The second-order valence-electron chi connectivity index (χ2n) is 6.24. The molecule has 0 unspecified atom stereocenters. The lowest BCUT2D eigenvalue weighted by molar-refractivity contribution is 0.0374. The van der Waals surface area contributed by atoms with Crippen LogP contribution in [0.25, 0.3) is 10.9 Å². The molecule has 1 saturated heterocycles. The predicted octanol–water partition coefficient (Wildman–Crippen LogP) is 2.24. The molecule has 0 bridgehead atoms. The van der Waals surface area contributed by atoms with Gasteiger partial charge in [-0.25, -0.2) is 0 Å².